The molecule has 1 N–H and O–H groups in total. The van der Waals surface area contributed by atoms with E-state index in [1.54, 1.807) is 0 Å². The molecule has 162 valence electrons. The van der Waals surface area contributed by atoms with E-state index < -0.39 is 0 Å². The van der Waals surface area contributed by atoms with Crippen molar-refractivity contribution < 1.29 is 9.30 Å². The summed E-state index contributed by atoms with van der Waals surface area (Å²) in [5, 5.41) is 5.77. The zero-order chi connectivity index (χ0) is 22.4. The van der Waals surface area contributed by atoms with E-state index in [4.69, 9.17) is 4.74 Å². The fourth-order valence-corrected chi connectivity index (χ4v) is 4.59. The Kier molecular flexibility index (Phi) is 4.54. The van der Waals surface area contributed by atoms with Gasteiger partial charge >= 0.3 is 0 Å². The van der Waals surface area contributed by atoms with Crippen molar-refractivity contribution in [3.8, 4) is 17.2 Å². The van der Waals surface area contributed by atoms with Crippen molar-refractivity contribution in [3.63, 3.8) is 0 Å². The van der Waals surface area contributed by atoms with E-state index in [0.29, 0.717) is 0 Å². The Morgan fingerprint density at radius 3 is 2.58 bits per heavy atom. The van der Waals surface area contributed by atoms with Gasteiger partial charge in [0.1, 0.15) is 30.9 Å². The number of benzene rings is 3. The molecule has 0 amide bonds. The smallest absolute Gasteiger partial charge is 0.138 e. The highest BCUT2D eigenvalue weighted by molar-refractivity contribution is 6.09. The zero-order valence-corrected chi connectivity index (χ0v) is 18.6. The van der Waals surface area contributed by atoms with Gasteiger partial charge in [-0.2, -0.15) is 0 Å². The molecule has 5 heteroatoms. The molecule has 0 saturated carbocycles. The van der Waals surface area contributed by atoms with E-state index in [2.05, 4.69) is 82.6 Å². The molecule has 0 bridgehead atoms. The van der Waals surface area contributed by atoms with Crippen molar-refractivity contribution in [2.45, 2.75) is 6.17 Å². The minimum atomic E-state index is 0.118. The first-order valence-electron chi connectivity index (χ1n) is 11.0. The first-order valence-corrected chi connectivity index (χ1v) is 11.0. The highest BCUT2D eigenvalue weighted by Crippen LogP contribution is 2.35. The van der Waals surface area contributed by atoms with Gasteiger partial charge < -0.3 is 24.1 Å². The molecule has 1 aliphatic rings. The van der Waals surface area contributed by atoms with Crippen molar-refractivity contribution >= 4 is 21.8 Å². The molecular formula is C28H24N4O. The summed E-state index contributed by atoms with van der Waals surface area (Å²) in [4.78, 5) is 2.14. The second-order valence-electron chi connectivity index (χ2n) is 8.37. The lowest BCUT2D eigenvalue weighted by Crippen LogP contribution is -2.27. The maximum absolute atomic E-state index is 6.34. The van der Waals surface area contributed by atoms with Gasteiger partial charge in [0.15, 0.2) is 0 Å². The fraction of sp³-hybridized carbons (Fsp3) is 0.107. The molecule has 5 aromatic rings. The van der Waals surface area contributed by atoms with Crippen LogP contribution in [0.5, 0.6) is 11.5 Å². The lowest BCUT2D eigenvalue weighted by Gasteiger charge is -2.22. The Morgan fingerprint density at radius 2 is 1.73 bits per heavy atom. The predicted octanol–water partition coefficient (Wildman–Crippen LogP) is 5.21. The zero-order valence-electron chi connectivity index (χ0n) is 18.6. The van der Waals surface area contributed by atoms with Crippen LogP contribution in [-0.2, 0) is 7.05 Å². The van der Waals surface area contributed by atoms with Crippen molar-refractivity contribution in [2.24, 2.45) is 7.05 Å². The largest absolute Gasteiger partial charge is 0.457 e. The number of hydrogen-bond acceptors (Lipinski definition) is 3. The summed E-state index contributed by atoms with van der Waals surface area (Å²) in [6, 6.07) is 27.1. The van der Waals surface area contributed by atoms with Crippen molar-refractivity contribution in [1.29, 1.82) is 0 Å². The van der Waals surface area contributed by atoms with Gasteiger partial charge in [-0.1, -0.05) is 30.3 Å². The minimum Gasteiger partial charge on any atom is -0.457 e. The van der Waals surface area contributed by atoms with Crippen LogP contribution in [0.1, 0.15) is 11.7 Å². The van der Waals surface area contributed by atoms with Crippen LogP contribution in [0.3, 0.4) is 0 Å². The average Bonchev–Trinajstić information content (AvgIpc) is 3.40. The summed E-state index contributed by atoms with van der Waals surface area (Å²) in [7, 11) is 4.05. The summed E-state index contributed by atoms with van der Waals surface area (Å²) in [5.74, 6) is 1.61. The summed E-state index contributed by atoms with van der Waals surface area (Å²) < 4.78 is 10.5. The standard InChI is InChI=1S/C28H24N4O/c1-30-15-6-8-21(19-30)32-26-11-4-3-10-24(26)25-13-12-23(18-27(25)32)33-22-9-5-7-20(17-22)28-29-14-16-31(28)2/h3-18,28-29H,1-2H3. The number of pyridine rings is 1. The van der Waals surface area contributed by atoms with Crippen molar-refractivity contribution in [3.05, 3.63) is 109 Å². The van der Waals surface area contributed by atoms with E-state index in [9.17, 15) is 0 Å². The lowest BCUT2D eigenvalue weighted by atomic mass is 10.1. The number of nitrogens with zero attached hydrogens (tertiary/aromatic N) is 3. The predicted molar refractivity (Wildman–Crippen MR) is 130 cm³/mol. The first-order chi connectivity index (χ1) is 16.2. The van der Waals surface area contributed by atoms with Gasteiger partial charge in [-0.3, -0.25) is 0 Å². The molecule has 6 rings (SSSR count). The van der Waals surface area contributed by atoms with E-state index in [0.717, 1.165) is 33.8 Å². The highest BCUT2D eigenvalue weighted by atomic mass is 16.5. The second kappa shape index (κ2) is 7.71. The van der Waals surface area contributed by atoms with Crippen LogP contribution in [0.25, 0.3) is 27.5 Å². The third kappa shape index (κ3) is 3.38. The monoisotopic (exact) mass is 432 g/mol. The van der Waals surface area contributed by atoms with Crippen LogP contribution in [0, 0.1) is 6.20 Å². The summed E-state index contributed by atoms with van der Waals surface area (Å²) in [6.45, 7) is 0. The van der Waals surface area contributed by atoms with Gasteiger partial charge in [-0.15, -0.1) is 12.1 Å². The molecule has 1 aliphatic heterocycles. The number of aryl methyl sites for hydroxylation is 1. The second-order valence-corrected chi connectivity index (χ2v) is 8.37. The minimum absolute atomic E-state index is 0.118. The van der Waals surface area contributed by atoms with Crippen LogP contribution in [0.4, 0.5) is 0 Å². The van der Waals surface area contributed by atoms with Crippen LogP contribution in [0.15, 0.2) is 97.5 Å². The molecule has 3 aromatic carbocycles. The number of nitrogens with one attached hydrogen (secondary N) is 1. The molecule has 0 fully saturated rings. The van der Waals surface area contributed by atoms with Crippen molar-refractivity contribution in [1.82, 2.24) is 14.8 Å². The third-order valence-electron chi connectivity index (χ3n) is 6.12. The van der Waals surface area contributed by atoms with Gasteiger partial charge in [0.05, 0.1) is 17.2 Å². The summed E-state index contributed by atoms with van der Waals surface area (Å²) in [6.07, 6.45) is 9.53. The molecule has 3 heterocycles. The van der Waals surface area contributed by atoms with E-state index in [-0.39, 0.29) is 6.17 Å². The molecule has 0 radical (unpaired) electrons. The molecule has 1 unspecified atom stereocenters. The topological polar surface area (TPSA) is 33.3 Å². The Hall–Kier alpha value is -4.25. The average molecular weight is 433 g/mol. The quantitative estimate of drug-likeness (QED) is 0.313. The van der Waals surface area contributed by atoms with Gasteiger partial charge in [-0.25, -0.2) is 0 Å². The van der Waals surface area contributed by atoms with Gasteiger partial charge in [0.25, 0.3) is 0 Å². The van der Waals surface area contributed by atoms with E-state index >= 15 is 0 Å². The van der Waals surface area contributed by atoms with Crippen LogP contribution >= 0.6 is 0 Å². The summed E-state index contributed by atoms with van der Waals surface area (Å²) in [5.41, 5.74) is 4.39. The molecular weight excluding hydrogens is 408 g/mol. The maximum Gasteiger partial charge on any atom is 0.138 e. The molecule has 5 nitrogen and oxygen atoms in total. The molecule has 33 heavy (non-hydrogen) atoms. The summed E-state index contributed by atoms with van der Waals surface area (Å²) >= 11 is 0. The SMILES string of the molecule is CN1C=CNC1c1cccc(Oc2ccc3c4ccccc4n(-c4[c-][n+](C)ccc4)c3c2)c1. The molecule has 0 saturated heterocycles. The third-order valence-corrected chi connectivity index (χ3v) is 6.12. The molecule has 2 aromatic heterocycles. The number of ether oxygens (including phenoxy) is 1. The Labute approximate surface area is 192 Å². The van der Waals surface area contributed by atoms with Gasteiger partial charge in [0, 0.05) is 42.0 Å². The number of aromatic nitrogens is 2. The Balaban J connectivity index is 1.44. The molecule has 0 aliphatic carbocycles. The van der Waals surface area contributed by atoms with E-state index in [1.807, 2.05) is 54.5 Å². The van der Waals surface area contributed by atoms with Crippen LogP contribution in [0.2, 0.25) is 0 Å². The van der Waals surface area contributed by atoms with Crippen LogP contribution < -0.4 is 14.6 Å². The fourth-order valence-electron chi connectivity index (χ4n) is 4.59. The Bertz CT molecular complexity index is 1520. The number of rotatable bonds is 4. The van der Waals surface area contributed by atoms with Crippen molar-refractivity contribution in [2.75, 3.05) is 7.05 Å². The molecule has 0 spiro atoms. The molecule has 1 atom stereocenters. The number of fused-ring (bicyclic) bond motifs is 3. The highest BCUT2D eigenvalue weighted by Gasteiger charge is 2.18. The first kappa shape index (κ1) is 19.4. The van der Waals surface area contributed by atoms with Gasteiger partial charge in [0.2, 0.25) is 0 Å². The number of para-hydroxylation sites is 1. The maximum atomic E-state index is 6.34. The van der Waals surface area contributed by atoms with Crippen LogP contribution in [-0.4, -0.2) is 16.5 Å². The lowest BCUT2D eigenvalue weighted by molar-refractivity contribution is -0.675. The number of hydrogen-bond donors (Lipinski definition) is 1. The van der Waals surface area contributed by atoms with Gasteiger partial charge in [-0.05, 0) is 35.9 Å². The van der Waals surface area contributed by atoms with E-state index in [1.165, 1.54) is 10.8 Å². The normalized spacial score (nSPS) is 15.3. The Morgan fingerprint density at radius 1 is 0.879 bits per heavy atom.